The van der Waals surface area contributed by atoms with Crippen molar-refractivity contribution in [3.05, 3.63) is 20.8 Å². The molecule has 1 atom stereocenters. The summed E-state index contributed by atoms with van der Waals surface area (Å²) in [4.78, 5) is 1.23. The highest BCUT2D eigenvalue weighted by Crippen LogP contribution is 2.32. The number of rotatable bonds is 1. The van der Waals surface area contributed by atoms with E-state index in [1.807, 2.05) is 0 Å². The molecule has 0 saturated carbocycles. The van der Waals surface area contributed by atoms with Crippen molar-refractivity contribution in [3.63, 3.8) is 0 Å². The smallest absolute Gasteiger partial charge is 0.144 e. The van der Waals surface area contributed by atoms with Crippen molar-refractivity contribution in [1.29, 1.82) is 0 Å². The highest BCUT2D eigenvalue weighted by atomic mass is 79.9. The molecule has 2 heterocycles. The Bertz CT molecular complexity index is 310. The zero-order valence-corrected chi connectivity index (χ0v) is 10.0. The van der Waals surface area contributed by atoms with Crippen LogP contribution in [-0.2, 0) is 4.74 Å². The maximum atomic E-state index is 5.65. The van der Waals surface area contributed by atoms with Gasteiger partial charge in [0.1, 0.15) is 6.23 Å². The molecule has 1 aliphatic heterocycles. The van der Waals surface area contributed by atoms with Gasteiger partial charge in [-0.3, -0.25) is 5.32 Å². The number of hydrogen-bond donors (Lipinski definition) is 1. The van der Waals surface area contributed by atoms with E-state index in [-0.39, 0.29) is 11.8 Å². The fourth-order valence-electron chi connectivity index (χ4n) is 1.35. The molecule has 1 N–H and O–H groups in total. The van der Waals surface area contributed by atoms with Crippen molar-refractivity contribution >= 4 is 27.3 Å². The second-order valence-corrected chi connectivity index (χ2v) is 6.36. The maximum absolute atomic E-state index is 5.65. The number of nitrogens with one attached hydrogen (secondary N) is 1. The molecule has 0 bridgehead atoms. The quantitative estimate of drug-likeness (QED) is 0.840. The van der Waals surface area contributed by atoms with Gasteiger partial charge in [0.2, 0.25) is 0 Å². The van der Waals surface area contributed by atoms with E-state index in [2.05, 4.69) is 47.2 Å². The van der Waals surface area contributed by atoms with Crippen molar-refractivity contribution in [2.24, 2.45) is 0 Å². The second-order valence-electron chi connectivity index (χ2n) is 3.86. The van der Waals surface area contributed by atoms with Crippen LogP contribution < -0.4 is 5.32 Å². The first kappa shape index (κ1) is 9.65. The van der Waals surface area contributed by atoms with Crippen LogP contribution in [0.3, 0.4) is 0 Å². The summed E-state index contributed by atoms with van der Waals surface area (Å²) >= 11 is 5.16. The van der Waals surface area contributed by atoms with E-state index in [1.54, 1.807) is 11.3 Å². The van der Waals surface area contributed by atoms with Crippen LogP contribution in [0.4, 0.5) is 0 Å². The first-order chi connectivity index (χ1) is 6.07. The number of ether oxygens (including phenoxy) is 1. The lowest BCUT2D eigenvalue weighted by Crippen LogP contribution is -2.35. The molecule has 2 nitrogen and oxygen atoms in total. The molecule has 0 amide bonds. The minimum Gasteiger partial charge on any atom is -0.356 e. The minimum absolute atomic E-state index is 0.0753. The third-order valence-corrected chi connectivity index (χ3v) is 3.65. The minimum atomic E-state index is 0.0753. The van der Waals surface area contributed by atoms with Crippen molar-refractivity contribution in [2.45, 2.75) is 25.6 Å². The lowest BCUT2D eigenvalue weighted by molar-refractivity contribution is 0.102. The van der Waals surface area contributed by atoms with Crippen LogP contribution in [0.1, 0.15) is 25.0 Å². The number of thiophene rings is 1. The molecule has 1 fully saturated rings. The van der Waals surface area contributed by atoms with Gasteiger partial charge in [0.15, 0.2) is 0 Å². The van der Waals surface area contributed by atoms with Gasteiger partial charge < -0.3 is 4.74 Å². The van der Waals surface area contributed by atoms with E-state index in [0.717, 1.165) is 10.4 Å². The van der Waals surface area contributed by atoms with Crippen molar-refractivity contribution in [3.8, 4) is 0 Å². The molecule has 1 aromatic heterocycles. The lowest BCUT2D eigenvalue weighted by Gasteiger charge is -2.15. The Morgan fingerprint density at radius 1 is 1.62 bits per heavy atom. The summed E-state index contributed by atoms with van der Waals surface area (Å²) in [6.07, 6.45) is 0.0753. The van der Waals surface area contributed by atoms with Crippen LogP contribution in [0.25, 0.3) is 0 Å². The standard InChI is InChI=1S/C9H12BrNOS/c1-9(2)5-12-8(11-9)6-3-4-7(10)13-6/h3-4,8,11H,5H2,1-2H3. The molecule has 1 unspecified atom stereocenters. The highest BCUT2D eigenvalue weighted by molar-refractivity contribution is 9.11. The normalized spacial score (nSPS) is 26.5. The molecule has 0 radical (unpaired) electrons. The van der Waals surface area contributed by atoms with Crippen LogP contribution in [-0.4, -0.2) is 12.1 Å². The first-order valence-electron chi connectivity index (χ1n) is 4.21. The summed E-state index contributed by atoms with van der Waals surface area (Å²) in [5, 5.41) is 3.43. The molecule has 0 aromatic carbocycles. The summed E-state index contributed by atoms with van der Waals surface area (Å²) in [6.45, 7) is 5.07. The third kappa shape index (κ3) is 2.13. The monoisotopic (exact) mass is 261 g/mol. The van der Waals surface area contributed by atoms with E-state index in [9.17, 15) is 0 Å². The molecular formula is C9H12BrNOS. The first-order valence-corrected chi connectivity index (χ1v) is 5.82. The van der Waals surface area contributed by atoms with Gasteiger partial charge >= 0.3 is 0 Å². The van der Waals surface area contributed by atoms with Crippen LogP contribution in [0, 0.1) is 0 Å². The largest absolute Gasteiger partial charge is 0.356 e. The van der Waals surface area contributed by atoms with Gasteiger partial charge in [0.05, 0.1) is 10.4 Å². The molecule has 4 heteroatoms. The Morgan fingerprint density at radius 2 is 2.38 bits per heavy atom. The van der Waals surface area contributed by atoms with Gasteiger partial charge in [0.25, 0.3) is 0 Å². The average molecular weight is 262 g/mol. The summed E-state index contributed by atoms with van der Waals surface area (Å²) in [7, 11) is 0. The molecular weight excluding hydrogens is 250 g/mol. The Balaban J connectivity index is 2.12. The van der Waals surface area contributed by atoms with Crippen LogP contribution in [0.2, 0.25) is 0 Å². The SMILES string of the molecule is CC1(C)COC(c2ccc(Br)s2)N1. The Morgan fingerprint density at radius 3 is 2.85 bits per heavy atom. The molecule has 1 aromatic rings. The topological polar surface area (TPSA) is 21.3 Å². The summed E-state index contributed by atoms with van der Waals surface area (Å²) in [6, 6.07) is 4.14. The van der Waals surface area contributed by atoms with Gasteiger partial charge in [0, 0.05) is 10.4 Å². The molecule has 2 rings (SSSR count). The number of hydrogen-bond acceptors (Lipinski definition) is 3. The Kier molecular flexibility index (Phi) is 2.49. The van der Waals surface area contributed by atoms with E-state index < -0.39 is 0 Å². The van der Waals surface area contributed by atoms with E-state index >= 15 is 0 Å². The van der Waals surface area contributed by atoms with Gasteiger partial charge in [-0.2, -0.15) is 0 Å². The summed E-state index contributed by atoms with van der Waals surface area (Å²) in [5.74, 6) is 0. The van der Waals surface area contributed by atoms with Crippen molar-refractivity contribution in [2.75, 3.05) is 6.61 Å². The third-order valence-electron chi connectivity index (χ3n) is 1.99. The predicted octanol–water partition coefficient (Wildman–Crippen LogP) is 2.91. The van der Waals surface area contributed by atoms with Crippen molar-refractivity contribution < 1.29 is 4.74 Å². The molecule has 1 aliphatic rings. The second kappa shape index (κ2) is 3.35. The van der Waals surface area contributed by atoms with Crippen LogP contribution >= 0.6 is 27.3 Å². The van der Waals surface area contributed by atoms with Gasteiger partial charge in [-0.15, -0.1) is 11.3 Å². The fraction of sp³-hybridized carbons (Fsp3) is 0.556. The average Bonchev–Trinajstić information content (AvgIpc) is 2.56. The van der Waals surface area contributed by atoms with Crippen LogP contribution in [0.5, 0.6) is 0 Å². The molecule has 13 heavy (non-hydrogen) atoms. The fourth-order valence-corrected chi connectivity index (χ4v) is 2.78. The lowest BCUT2D eigenvalue weighted by atomic mass is 10.1. The summed E-state index contributed by atoms with van der Waals surface area (Å²) in [5.41, 5.74) is 0.0983. The summed E-state index contributed by atoms with van der Waals surface area (Å²) < 4.78 is 6.80. The highest BCUT2D eigenvalue weighted by Gasteiger charge is 2.32. The van der Waals surface area contributed by atoms with E-state index in [1.165, 1.54) is 4.88 Å². The number of halogens is 1. The van der Waals surface area contributed by atoms with E-state index in [4.69, 9.17) is 4.74 Å². The maximum Gasteiger partial charge on any atom is 0.144 e. The molecule has 0 aliphatic carbocycles. The predicted molar refractivity (Wildman–Crippen MR) is 57.9 cm³/mol. The van der Waals surface area contributed by atoms with E-state index in [0.29, 0.717) is 0 Å². The van der Waals surface area contributed by atoms with Gasteiger partial charge in [-0.25, -0.2) is 0 Å². The zero-order valence-electron chi connectivity index (χ0n) is 7.63. The van der Waals surface area contributed by atoms with Gasteiger partial charge in [-0.1, -0.05) is 0 Å². The Labute approximate surface area is 90.4 Å². The Hall–Kier alpha value is 0.1000. The van der Waals surface area contributed by atoms with Gasteiger partial charge in [-0.05, 0) is 41.9 Å². The van der Waals surface area contributed by atoms with Crippen LogP contribution in [0.15, 0.2) is 15.9 Å². The zero-order chi connectivity index (χ0) is 9.47. The molecule has 0 spiro atoms. The molecule has 72 valence electrons. The van der Waals surface area contributed by atoms with Crippen molar-refractivity contribution in [1.82, 2.24) is 5.32 Å². The molecule has 1 saturated heterocycles.